The molecule has 1 saturated heterocycles. The molecule has 32 heavy (non-hydrogen) atoms. The van der Waals surface area contributed by atoms with Crippen molar-refractivity contribution >= 4 is 11.6 Å². The summed E-state index contributed by atoms with van der Waals surface area (Å²) in [6, 6.07) is 6.68. The van der Waals surface area contributed by atoms with Gasteiger partial charge in [-0.2, -0.15) is 0 Å². The second-order valence-electron chi connectivity index (χ2n) is 9.74. The van der Waals surface area contributed by atoms with E-state index in [1.54, 1.807) is 7.11 Å². The van der Waals surface area contributed by atoms with E-state index in [4.69, 9.17) is 4.74 Å². The minimum atomic E-state index is -0.524. The Morgan fingerprint density at radius 1 is 0.969 bits per heavy atom. The van der Waals surface area contributed by atoms with Crippen molar-refractivity contribution in [1.82, 2.24) is 9.80 Å². The largest absolute Gasteiger partial charge is 0.388 e. The SMILES string of the molecule is COCCN1CCCCCC(O)c2cc(C(=O)N3CCN(C4CCCCC4)CC3)ccc21. The molecule has 6 heteroatoms. The highest BCUT2D eigenvalue weighted by atomic mass is 16.5. The van der Waals surface area contributed by atoms with Gasteiger partial charge in [0, 0.05) is 69.2 Å². The van der Waals surface area contributed by atoms with Gasteiger partial charge in [-0.25, -0.2) is 0 Å². The summed E-state index contributed by atoms with van der Waals surface area (Å²) < 4.78 is 5.31. The Hall–Kier alpha value is -1.63. The van der Waals surface area contributed by atoms with E-state index >= 15 is 0 Å². The normalized spacial score (nSPS) is 23.9. The Balaban J connectivity index is 1.46. The van der Waals surface area contributed by atoms with Gasteiger partial charge in [0.15, 0.2) is 0 Å². The number of carbonyl (C=O) groups excluding carboxylic acids is 1. The van der Waals surface area contributed by atoms with Crippen LogP contribution in [-0.4, -0.2) is 79.8 Å². The number of aliphatic hydroxyl groups is 1. The number of rotatable bonds is 5. The summed E-state index contributed by atoms with van der Waals surface area (Å²) in [4.78, 5) is 20.3. The Morgan fingerprint density at radius 3 is 2.44 bits per heavy atom. The molecule has 1 saturated carbocycles. The van der Waals surface area contributed by atoms with E-state index in [1.807, 2.05) is 23.1 Å². The minimum Gasteiger partial charge on any atom is -0.388 e. The van der Waals surface area contributed by atoms with E-state index in [-0.39, 0.29) is 5.91 Å². The van der Waals surface area contributed by atoms with Gasteiger partial charge in [0.1, 0.15) is 0 Å². The number of fused-ring (bicyclic) bond motifs is 1. The van der Waals surface area contributed by atoms with Crippen molar-refractivity contribution in [2.24, 2.45) is 0 Å². The number of methoxy groups -OCH3 is 1. The van der Waals surface area contributed by atoms with Crippen LogP contribution in [0, 0.1) is 0 Å². The number of aliphatic hydroxyl groups excluding tert-OH is 1. The van der Waals surface area contributed by atoms with E-state index in [0.717, 1.165) is 82.2 Å². The van der Waals surface area contributed by atoms with Crippen LogP contribution in [0.15, 0.2) is 18.2 Å². The van der Waals surface area contributed by atoms with Crippen LogP contribution < -0.4 is 4.90 Å². The summed E-state index contributed by atoms with van der Waals surface area (Å²) in [6.45, 7) is 5.97. The van der Waals surface area contributed by atoms with Crippen molar-refractivity contribution < 1.29 is 14.6 Å². The van der Waals surface area contributed by atoms with Crippen LogP contribution in [0.3, 0.4) is 0 Å². The zero-order valence-electron chi connectivity index (χ0n) is 19.8. The molecule has 2 heterocycles. The highest BCUT2D eigenvalue weighted by molar-refractivity contribution is 5.95. The Morgan fingerprint density at radius 2 is 1.69 bits per heavy atom. The first-order chi connectivity index (χ1) is 15.7. The van der Waals surface area contributed by atoms with Gasteiger partial charge in [-0.3, -0.25) is 9.69 Å². The first-order valence-corrected chi connectivity index (χ1v) is 12.8. The fourth-order valence-corrected chi connectivity index (χ4v) is 5.69. The van der Waals surface area contributed by atoms with Crippen LogP contribution in [0.5, 0.6) is 0 Å². The number of ether oxygens (including phenoxy) is 1. The summed E-state index contributed by atoms with van der Waals surface area (Å²) in [5.41, 5.74) is 2.66. The third-order valence-electron chi connectivity index (χ3n) is 7.64. The number of benzene rings is 1. The molecule has 1 aromatic rings. The summed E-state index contributed by atoms with van der Waals surface area (Å²) in [5.74, 6) is 0.103. The number of piperazine rings is 1. The zero-order valence-corrected chi connectivity index (χ0v) is 19.8. The summed E-state index contributed by atoms with van der Waals surface area (Å²) >= 11 is 0. The number of carbonyl (C=O) groups is 1. The molecule has 1 amide bonds. The fourth-order valence-electron chi connectivity index (χ4n) is 5.69. The Labute approximate surface area is 193 Å². The van der Waals surface area contributed by atoms with E-state index in [9.17, 15) is 9.90 Å². The highest BCUT2D eigenvalue weighted by Gasteiger charge is 2.28. The Bertz CT molecular complexity index is 742. The van der Waals surface area contributed by atoms with Gasteiger partial charge in [-0.15, -0.1) is 0 Å². The maximum absolute atomic E-state index is 13.3. The molecule has 1 atom stereocenters. The molecule has 0 bridgehead atoms. The molecule has 0 aromatic heterocycles. The quantitative estimate of drug-likeness (QED) is 0.749. The smallest absolute Gasteiger partial charge is 0.253 e. The van der Waals surface area contributed by atoms with Crippen molar-refractivity contribution in [1.29, 1.82) is 0 Å². The maximum atomic E-state index is 13.3. The first-order valence-electron chi connectivity index (χ1n) is 12.8. The van der Waals surface area contributed by atoms with Gasteiger partial charge in [0.2, 0.25) is 0 Å². The van der Waals surface area contributed by atoms with E-state index < -0.39 is 6.10 Å². The lowest BCUT2D eigenvalue weighted by Crippen LogP contribution is -2.52. The maximum Gasteiger partial charge on any atom is 0.253 e. The zero-order chi connectivity index (χ0) is 22.3. The van der Waals surface area contributed by atoms with Crippen LogP contribution in [0.2, 0.25) is 0 Å². The molecule has 1 aromatic carbocycles. The molecule has 3 aliphatic rings. The number of hydrogen-bond acceptors (Lipinski definition) is 5. The van der Waals surface area contributed by atoms with Gasteiger partial charge in [0.05, 0.1) is 12.7 Å². The van der Waals surface area contributed by atoms with Gasteiger partial charge in [0.25, 0.3) is 5.91 Å². The van der Waals surface area contributed by atoms with E-state index in [2.05, 4.69) is 9.80 Å². The monoisotopic (exact) mass is 443 g/mol. The average Bonchev–Trinajstić information content (AvgIpc) is 2.92. The van der Waals surface area contributed by atoms with Crippen molar-refractivity contribution in [3.63, 3.8) is 0 Å². The van der Waals surface area contributed by atoms with Gasteiger partial charge in [-0.1, -0.05) is 32.1 Å². The molecule has 1 N–H and O–H groups in total. The van der Waals surface area contributed by atoms with Crippen LogP contribution in [0.1, 0.15) is 79.8 Å². The summed E-state index contributed by atoms with van der Waals surface area (Å²) in [6.07, 6.45) is 10.2. The number of hydrogen-bond donors (Lipinski definition) is 1. The predicted octanol–water partition coefficient (Wildman–Crippen LogP) is 3.84. The molecule has 6 nitrogen and oxygen atoms in total. The van der Waals surface area contributed by atoms with Crippen molar-refractivity contribution in [2.75, 3.05) is 57.9 Å². The van der Waals surface area contributed by atoms with Crippen LogP contribution in [0.4, 0.5) is 5.69 Å². The first kappa shape index (κ1) is 23.5. The second-order valence-corrected chi connectivity index (χ2v) is 9.74. The number of anilines is 1. The third kappa shape index (κ3) is 5.64. The molecule has 1 unspecified atom stereocenters. The van der Waals surface area contributed by atoms with Gasteiger partial charge < -0.3 is 19.6 Å². The van der Waals surface area contributed by atoms with Crippen LogP contribution in [0.25, 0.3) is 0 Å². The van der Waals surface area contributed by atoms with Crippen LogP contribution >= 0.6 is 0 Å². The summed E-state index contributed by atoms with van der Waals surface area (Å²) in [7, 11) is 1.72. The highest BCUT2D eigenvalue weighted by Crippen LogP contribution is 2.33. The number of amides is 1. The number of nitrogens with zero attached hydrogens (tertiary/aromatic N) is 3. The summed E-state index contributed by atoms with van der Waals surface area (Å²) in [5, 5.41) is 10.9. The molecular formula is C26H41N3O3. The second kappa shape index (κ2) is 11.5. The van der Waals surface area contributed by atoms with Gasteiger partial charge in [-0.05, 0) is 43.9 Å². The molecule has 1 aliphatic carbocycles. The topological polar surface area (TPSA) is 56.3 Å². The third-order valence-corrected chi connectivity index (χ3v) is 7.64. The lowest BCUT2D eigenvalue weighted by Gasteiger charge is -2.40. The van der Waals surface area contributed by atoms with Crippen LogP contribution in [-0.2, 0) is 4.74 Å². The molecule has 0 radical (unpaired) electrons. The minimum absolute atomic E-state index is 0.103. The molecule has 178 valence electrons. The Kier molecular flexibility index (Phi) is 8.44. The van der Waals surface area contributed by atoms with Crippen molar-refractivity contribution in [3.8, 4) is 0 Å². The average molecular weight is 444 g/mol. The van der Waals surface area contributed by atoms with Crippen molar-refractivity contribution in [3.05, 3.63) is 29.3 Å². The molecule has 0 spiro atoms. The molecule has 2 aliphatic heterocycles. The van der Waals surface area contributed by atoms with E-state index in [0.29, 0.717) is 12.2 Å². The molecule has 4 rings (SSSR count). The standard InChI is InChI=1S/C26H41N3O3/c1-32-19-18-28-13-7-3-6-10-25(30)23-20-21(11-12-24(23)28)26(31)29-16-14-27(15-17-29)22-8-4-2-5-9-22/h11-12,20,22,25,30H,2-10,13-19H2,1H3. The van der Waals surface area contributed by atoms with Gasteiger partial charge >= 0.3 is 0 Å². The lowest BCUT2D eigenvalue weighted by atomic mass is 9.93. The predicted molar refractivity (Wildman–Crippen MR) is 128 cm³/mol. The lowest BCUT2D eigenvalue weighted by molar-refractivity contribution is 0.0523. The fraction of sp³-hybridized carbons (Fsp3) is 0.731. The van der Waals surface area contributed by atoms with E-state index in [1.165, 1.54) is 32.1 Å². The molecule has 2 fully saturated rings. The molecular weight excluding hydrogens is 402 g/mol. The van der Waals surface area contributed by atoms with Crippen molar-refractivity contribution in [2.45, 2.75) is 69.9 Å².